The lowest BCUT2D eigenvalue weighted by atomic mass is 10.0. The molecule has 6 heteroatoms. The van der Waals surface area contributed by atoms with Crippen molar-refractivity contribution in [3.63, 3.8) is 0 Å². The zero-order chi connectivity index (χ0) is 21.1. The number of hydrogen-bond acceptors (Lipinski definition) is 3. The van der Waals surface area contributed by atoms with Gasteiger partial charge in [-0.3, -0.25) is 14.2 Å². The minimum Gasteiger partial charge on any atom is -0.325 e. The molecule has 0 radical (unpaired) electrons. The molecular weight excluding hydrogens is 386 g/mol. The van der Waals surface area contributed by atoms with Crippen LogP contribution in [0.2, 0.25) is 5.02 Å². The molecule has 1 amide bonds. The Bertz CT molecular complexity index is 1120. The highest BCUT2D eigenvalue weighted by molar-refractivity contribution is 6.30. The average molecular weight is 410 g/mol. The first-order chi connectivity index (χ1) is 13.8. The number of amides is 1. The highest BCUT2D eigenvalue weighted by atomic mass is 35.5. The van der Waals surface area contributed by atoms with Crippen LogP contribution in [0.1, 0.15) is 36.6 Å². The minimum atomic E-state index is -0.290. The van der Waals surface area contributed by atoms with Crippen molar-refractivity contribution in [3.05, 3.63) is 80.7 Å². The maximum absolute atomic E-state index is 12.9. The lowest BCUT2D eigenvalue weighted by Gasteiger charge is -2.15. The van der Waals surface area contributed by atoms with E-state index >= 15 is 0 Å². The van der Waals surface area contributed by atoms with Crippen molar-refractivity contribution in [2.75, 3.05) is 5.32 Å². The van der Waals surface area contributed by atoms with Gasteiger partial charge in [-0.05, 0) is 49.6 Å². The van der Waals surface area contributed by atoms with E-state index in [0.717, 1.165) is 5.56 Å². The molecule has 0 fully saturated rings. The molecule has 0 atom stereocenters. The summed E-state index contributed by atoms with van der Waals surface area (Å²) in [5.74, 6) is 0.487. The number of nitrogens with one attached hydrogen (secondary N) is 1. The lowest BCUT2D eigenvalue weighted by molar-refractivity contribution is -0.116. The SMILES string of the molecule is Cc1nc(-c2cccc(Cl)c2)n(CC(=O)Nc2cccc(C(C)C)c2)c(=O)c1C. The average Bonchev–Trinajstić information content (AvgIpc) is 2.68. The van der Waals surface area contributed by atoms with E-state index in [9.17, 15) is 9.59 Å². The predicted octanol–water partition coefficient (Wildman–Crippen LogP) is 4.94. The molecule has 0 spiro atoms. The second-order valence-corrected chi connectivity index (χ2v) is 7.81. The fraction of sp³-hybridized carbons (Fsp3) is 0.261. The molecule has 1 heterocycles. The lowest BCUT2D eigenvalue weighted by Crippen LogP contribution is -2.31. The van der Waals surface area contributed by atoms with E-state index in [2.05, 4.69) is 24.1 Å². The molecule has 0 saturated heterocycles. The summed E-state index contributed by atoms with van der Waals surface area (Å²) in [5.41, 5.74) is 3.44. The van der Waals surface area contributed by atoms with Crippen LogP contribution in [0.3, 0.4) is 0 Å². The number of carbonyl (C=O) groups is 1. The number of nitrogens with zero attached hydrogens (tertiary/aromatic N) is 2. The van der Waals surface area contributed by atoms with Gasteiger partial charge in [-0.2, -0.15) is 0 Å². The largest absolute Gasteiger partial charge is 0.325 e. The number of carbonyl (C=O) groups excluding carboxylic acids is 1. The van der Waals surface area contributed by atoms with E-state index < -0.39 is 0 Å². The Kier molecular flexibility index (Phi) is 6.18. The summed E-state index contributed by atoms with van der Waals surface area (Å²) in [6.45, 7) is 7.55. The summed E-state index contributed by atoms with van der Waals surface area (Å²) in [7, 11) is 0. The van der Waals surface area contributed by atoms with E-state index in [0.29, 0.717) is 39.3 Å². The number of halogens is 1. The van der Waals surface area contributed by atoms with E-state index in [4.69, 9.17) is 11.6 Å². The summed E-state index contributed by atoms with van der Waals surface area (Å²) in [6.07, 6.45) is 0. The van der Waals surface area contributed by atoms with Gasteiger partial charge in [-0.15, -0.1) is 0 Å². The Hall–Kier alpha value is -2.92. The molecule has 150 valence electrons. The quantitative estimate of drug-likeness (QED) is 0.648. The molecule has 5 nitrogen and oxygen atoms in total. The van der Waals surface area contributed by atoms with Crippen LogP contribution in [0.25, 0.3) is 11.4 Å². The normalized spacial score (nSPS) is 11.0. The first kappa shape index (κ1) is 20.8. The smallest absolute Gasteiger partial charge is 0.257 e. The van der Waals surface area contributed by atoms with Gasteiger partial charge in [0.05, 0.1) is 0 Å². The van der Waals surface area contributed by atoms with Gasteiger partial charge in [0.25, 0.3) is 5.56 Å². The van der Waals surface area contributed by atoms with Gasteiger partial charge in [0.2, 0.25) is 5.91 Å². The summed E-state index contributed by atoms with van der Waals surface area (Å²) >= 11 is 6.12. The Labute approximate surface area is 175 Å². The summed E-state index contributed by atoms with van der Waals surface area (Å²) < 4.78 is 1.40. The Morgan fingerprint density at radius 3 is 2.55 bits per heavy atom. The standard InChI is InChI=1S/C23H24ClN3O2/c1-14(2)17-7-6-10-20(12-17)26-21(28)13-27-22(18-8-5-9-19(24)11-18)25-16(4)15(3)23(27)29/h5-12,14H,13H2,1-4H3,(H,26,28). The van der Waals surface area contributed by atoms with Crippen LogP contribution in [0, 0.1) is 13.8 Å². The third kappa shape index (κ3) is 4.74. The van der Waals surface area contributed by atoms with Crippen LogP contribution in [0.15, 0.2) is 53.3 Å². The number of anilines is 1. The van der Waals surface area contributed by atoms with E-state index in [1.807, 2.05) is 30.3 Å². The van der Waals surface area contributed by atoms with Crippen molar-refractivity contribution in [2.45, 2.75) is 40.2 Å². The van der Waals surface area contributed by atoms with Gasteiger partial charge in [-0.25, -0.2) is 4.98 Å². The Balaban J connectivity index is 1.96. The molecule has 2 aromatic carbocycles. The maximum atomic E-state index is 12.9. The van der Waals surface area contributed by atoms with Crippen LogP contribution in [-0.4, -0.2) is 15.5 Å². The third-order valence-corrected chi connectivity index (χ3v) is 5.09. The van der Waals surface area contributed by atoms with Crippen LogP contribution in [0.5, 0.6) is 0 Å². The van der Waals surface area contributed by atoms with Crippen molar-refractivity contribution >= 4 is 23.2 Å². The number of hydrogen-bond donors (Lipinski definition) is 1. The molecule has 0 unspecified atom stereocenters. The maximum Gasteiger partial charge on any atom is 0.257 e. The topological polar surface area (TPSA) is 64.0 Å². The van der Waals surface area contributed by atoms with E-state index in [1.54, 1.807) is 32.0 Å². The van der Waals surface area contributed by atoms with Gasteiger partial charge < -0.3 is 5.32 Å². The third-order valence-electron chi connectivity index (χ3n) is 4.86. The zero-order valence-corrected chi connectivity index (χ0v) is 17.7. The summed E-state index contributed by atoms with van der Waals surface area (Å²) in [6, 6.07) is 14.8. The van der Waals surface area contributed by atoms with Gasteiger partial charge in [-0.1, -0.05) is 49.7 Å². The number of benzene rings is 2. The van der Waals surface area contributed by atoms with Crippen molar-refractivity contribution < 1.29 is 4.79 Å². The number of aromatic nitrogens is 2. The van der Waals surface area contributed by atoms with E-state index in [-0.39, 0.29) is 18.0 Å². The molecule has 3 rings (SSSR count). The number of aryl methyl sites for hydroxylation is 1. The molecule has 0 aliphatic rings. The Morgan fingerprint density at radius 2 is 1.86 bits per heavy atom. The molecule has 0 aliphatic heterocycles. The fourth-order valence-electron chi connectivity index (χ4n) is 3.07. The van der Waals surface area contributed by atoms with Crippen molar-refractivity contribution in [2.24, 2.45) is 0 Å². The van der Waals surface area contributed by atoms with Gasteiger partial charge in [0.1, 0.15) is 12.4 Å². The highest BCUT2D eigenvalue weighted by Crippen LogP contribution is 2.22. The van der Waals surface area contributed by atoms with Crippen molar-refractivity contribution in [1.82, 2.24) is 9.55 Å². The first-order valence-electron chi connectivity index (χ1n) is 9.50. The van der Waals surface area contributed by atoms with E-state index in [1.165, 1.54) is 4.57 Å². The van der Waals surface area contributed by atoms with Crippen LogP contribution in [-0.2, 0) is 11.3 Å². The van der Waals surface area contributed by atoms with Gasteiger partial charge in [0.15, 0.2) is 0 Å². The van der Waals surface area contributed by atoms with Crippen LogP contribution < -0.4 is 10.9 Å². The molecule has 0 aliphatic carbocycles. The van der Waals surface area contributed by atoms with Gasteiger partial charge in [0, 0.05) is 27.5 Å². The zero-order valence-electron chi connectivity index (χ0n) is 17.0. The molecule has 29 heavy (non-hydrogen) atoms. The molecular formula is C23H24ClN3O2. The monoisotopic (exact) mass is 409 g/mol. The second-order valence-electron chi connectivity index (χ2n) is 7.38. The fourth-order valence-corrected chi connectivity index (χ4v) is 3.26. The van der Waals surface area contributed by atoms with Crippen molar-refractivity contribution in [3.8, 4) is 11.4 Å². The van der Waals surface area contributed by atoms with Gasteiger partial charge >= 0.3 is 0 Å². The van der Waals surface area contributed by atoms with Crippen LogP contribution >= 0.6 is 11.6 Å². The van der Waals surface area contributed by atoms with Crippen LogP contribution in [0.4, 0.5) is 5.69 Å². The molecule has 0 saturated carbocycles. The predicted molar refractivity (Wildman–Crippen MR) is 118 cm³/mol. The first-order valence-corrected chi connectivity index (χ1v) is 9.88. The summed E-state index contributed by atoms with van der Waals surface area (Å²) in [5, 5.41) is 3.42. The molecule has 3 aromatic rings. The molecule has 1 N–H and O–H groups in total. The molecule has 1 aromatic heterocycles. The minimum absolute atomic E-state index is 0.138. The number of rotatable bonds is 5. The Morgan fingerprint density at radius 1 is 1.14 bits per heavy atom. The highest BCUT2D eigenvalue weighted by Gasteiger charge is 2.16. The molecule has 0 bridgehead atoms. The summed E-state index contributed by atoms with van der Waals surface area (Å²) in [4.78, 5) is 30.2. The second kappa shape index (κ2) is 8.62. The van der Waals surface area contributed by atoms with Crippen molar-refractivity contribution in [1.29, 1.82) is 0 Å².